The van der Waals surface area contributed by atoms with E-state index in [1.54, 1.807) is 52.9 Å². The predicted octanol–water partition coefficient (Wildman–Crippen LogP) is 3.21. The Labute approximate surface area is 164 Å². The molecule has 0 spiro atoms. The third-order valence-corrected chi connectivity index (χ3v) is 5.05. The van der Waals surface area contributed by atoms with Crippen LogP contribution in [0.2, 0.25) is 0 Å². The summed E-state index contributed by atoms with van der Waals surface area (Å²) >= 11 is 3.39. The summed E-state index contributed by atoms with van der Waals surface area (Å²) in [5.41, 5.74) is 2.75. The minimum absolute atomic E-state index is 0.263. The molecule has 2 aromatic heterocycles. The number of nitrogens with zero attached hydrogens (tertiary/aromatic N) is 4. The molecule has 9 heteroatoms. The maximum absolute atomic E-state index is 12.5. The van der Waals surface area contributed by atoms with E-state index < -0.39 is 0 Å². The summed E-state index contributed by atoms with van der Waals surface area (Å²) < 4.78 is 3.90. The number of benzene rings is 1. The molecule has 1 aromatic carbocycles. The summed E-state index contributed by atoms with van der Waals surface area (Å²) in [6.45, 7) is 4.38. The van der Waals surface area contributed by atoms with Crippen LogP contribution in [-0.4, -0.2) is 31.4 Å². The molecule has 0 saturated heterocycles. The van der Waals surface area contributed by atoms with Crippen molar-refractivity contribution in [1.82, 2.24) is 19.6 Å². The van der Waals surface area contributed by atoms with Gasteiger partial charge in [0.25, 0.3) is 11.8 Å². The van der Waals surface area contributed by atoms with Crippen molar-refractivity contribution in [3.05, 3.63) is 58.1 Å². The number of hydrogen-bond acceptors (Lipinski definition) is 4. The van der Waals surface area contributed by atoms with Crippen molar-refractivity contribution < 1.29 is 9.59 Å². The minimum Gasteiger partial charge on any atom is -0.321 e. The lowest BCUT2D eigenvalue weighted by molar-refractivity contribution is 0.101. The molecule has 3 aromatic rings. The minimum atomic E-state index is -0.335. The molecule has 8 nitrogen and oxygen atoms in total. The number of aromatic nitrogens is 4. The Morgan fingerprint density at radius 3 is 2.41 bits per heavy atom. The van der Waals surface area contributed by atoms with Crippen LogP contribution >= 0.6 is 15.9 Å². The van der Waals surface area contributed by atoms with Crippen LogP contribution in [0, 0.1) is 6.92 Å². The second-order valence-electron chi connectivity index (χ2n) is 5.89. The monoisotopic (exact) mass is 430 g/mol. The third kappa shape index (κ3) is 3.92. The lowest BCUT2D eigenvalue weighted by Gasteiger charge is -2.09. The SMILES string of the molecule is CCn1nccc1C(=O)Nc1cccc(NC(=O)c2nn(C)c(C)c2Br)c1. The van der Waals surface area contributed by atoms with Crippen LogP contribution in [0.4, 0.5) is 11.4 Å². The number of carbonyl (C=O) groups is 2. The average molecular weight is 431 g/mol. The Morgan fingerprint density at radius 1 is 1.15 bits per heavy atom. The van der Waals surface area contributed by atoms with Gasteiger partial charge in [-0.15, -0.1) is 0 Å². The van der Waals surface area contributed by atoms with Crippen LogP contribution in [-0.2, 0) is 13.6 Å². The third-order valence-electron chi connectivity index (χ3n) is 4.10. The summed E-state index contributed by atoms with van der Waals surface area (Å²) in [6.07, 6.45) is 1.59. The smallest absolute Gasteiger partial charge is 0.277 e. The Morgan fingerprint density at radius 2 is 1.81 bits per heavy atom. The molecule has 0 aliphatic heterocycles. The number of anilines is 2. The highest BCUT2D eigenvalue weighted by atomic mass is 79.9. The highest BCUT2D eigenvalue weighted by Crippen LogP contribution is 2.22. The van der Waals surface area contributed by atoms with Crippen molar-refractivity contribution in [2.75, 3.05) is 10.6 Å². The van der Waals surface area contributed by atoms with Gasteiger partial charge in [0.05, 0.1) is 10.2 Å². The molecule has 27 heavy (non-hydrogen) atoms. The molecule has 0 bridgehead atoms. The van der Waals surface area contributed by atoms with E-state index in [2.05, 4.69) is 36.8 Å². The highest BCUT2D eigenvalue weighted by molar-refractivity contribution is 9.10. The molecule has 0 saturated carbocycles. The van der Waals surface area contributed by atoms with Crippen LogP contribution in [0.1, 0.15) is 33.6 Å². The van der Waals surface area contributed by atoms with Crippen molar-refractivity contribution in [2.24, 2.45) is 7.05 Å². The molecule has 2 amide bonds. The van der Waals surface area contributed by atoms with Gasteiger partial charge in [-0.3, -0.25) is 19.0 Å². The molecule has 3 rings (SSSR count). The first-order chi connectivity index (χ1) is 12.9. The number of rotatable bonds is 5. The Bertz CT molecular complexity index is 1010. The van der Waals surface area contributed by atoms with E-state index in [4.69, 9.17) is 0 Å². The van der Waals surface area contributed by atoms with Gasteiger partial charge in [-0.05, 0) is 54.0 Å². The maximum atomic E-state index is 12.5. The van der Waals surface area contributed by atoms with Gasteiger partial charge >= 0.3 is 0 Å². The summed E-state index contributed by atoms with van der Waals surface area (Å²) in [6, 6.07) is 8.59. The first-order valence-electron chi connectivity index (χ1n) is 8.34. The van der Waals surface area contributed by atoms with Crippen LogP contribution < -0.4 is 10.6 Å². The summed E-state index contributed by atoms with van der Waals surface area (Å²) in [5, 5.41) is 13.9. The van der Waals surface area contributed by atoms with E-state index in [9.17, 15) is 9.59 Å². The lowest BCUT2D eigenvalue weighted by atomic mass is 10.2. The van der Waals surface area contributed by atoms with Gasteiger partial charge in [-0.1, -0.05) is 6.07 Å². The number of amides is 2. The van der Waals surface area contributed by atoms with E-state index in [1.807, 2.05) is 13.8 Å². The molecular weight excluding hydrogens is 412 g/mol. The van der Waals surface area contributed by atoms with Gasteiger partial charge in [0.2, 0.25) is 0 Å². The second kappa shape index (κ2) is 7.75. The Hall–Kier alpha value is -2.94. The van der Waals surface area contributed by atoms with Gasteiger partial charge in [0.15, 0.2) is 5.69 Å². The maximum Gasteiger partial charge on any atom is 0.277 e. The zero-order valence-corrected chi connectivity index (χ0v) is 16.7. The van der Waals surface area contributed by atoms with E-state index in [-0.39, 0.29) is 11.8 Å². The number of halogens is 1. The fourth-order valence-corrected chi connectivity index (χ4v) is 3.08. The van der Waals surface area contributed by atoms with Crippen molar-refractivity contribution >= 4 is 39.1 Å². The zero-order chi connectivity index (χ0) is 19.6. The first-order valence-corrected chi connectivity index (χ1v) is 9.13. The summed E-state index contributed by atoms with van der Waals surface area (Å²) in [7, 11) is 1.77. The molecule has 0 fully saturated rings. The largest absolute Gasteiger partial charge is 0.321 e. The zero-order valence-electron chi connectivity index (χ0n) is 15.2. The van der Waals surface area contributed by atoms with Crippen LogP contribution in [0.15, 0.2) is 41.0 Å². The predicted molar refractivity (Wildman–Crippen MR) is 106 cm³/mol. The quantitative estimate of drug-likeness (QED) is 0.649. The van der Waals surface area contributed by atoms with Crippen LogP contribution in [0.5, 0.6) is 0 Å². The highest BCUT2D eigenvalue weighted by Gasteiger charge is 2.18. The molecule has 2 N–H and O–H groups in total. The lowest BCUT2D eigenvalue weighted by Crippen LogP contribution is -2.18. The van der Waals surface area contributed by atoms with Gasteiger partial charge in [0, 0.05) is 31.2 Å². The Balaban J connectivity index is 1.74. The first kappa shape index (κ1) is 18.8. The second-order valence-corrected chi connectivity index (χ2v) is 6.69. The van der Waals surface area contributed by atoms with Gasteiger partial charge in [0.1, 0.15) is 5.69 Å². The topological polar surface area (TPSA) is 93.8 Å². The molecular formula is C18H19BrN6O2. The number of hydrogen-bond donors (Lipinski definition) is 2. The van der Waals surface area contributed by atoms with Crippen molar-refractivity contribution in [3.63, 3.8) is 0 Å². The molecule has 0 unspecified atom stereocenters. The molecule has 0 radical (unpaired) electrons. The van der Waals surface area contributed by atoms with E-state index in [1.165, 1.54) is 0 Å². The van der Waals surface area contributed by atoms with Crippen molar-refractivity contribution in [3.8, 4) is 0 Å². The number of nitrogens with one attached hydrogen (secondary N) is 2. The van der Waals surface area contributed by atoms with Crippen LogP contribution in [0.3, 0.4) is 0 Å². The van der Waals surface area contributed by atoms with E-state index in [0.29, 0.717) is 33.8 Å². The normalized spacial score (nSPS) is 10.7. The fourth-order valence-electron chi connectivity index (χ4n) is 2.57. The Kier molecular flexibility index (Phi) is 5.41. The summed E-state index contributed by atoms with van der Waals surface area (Å²) in [4.78, 5) is 24.9. The van der Waals surface area contributed by atoms with Gasteiger partial charge in [-0.25, -0.2) is 0 Å². The van der Waals surface area contributed by atoms with Gasteiger partial charge in [-0.2, -0.15) is 10.2 Å². The van der Waals surface area contributed by atoms with Crippen LogP contribution in [0.25, 0.3) is 0 Å². The molecule has 0 aliphatic carbocycles. The number of aryl methyl sites for hydroxylation is 2. The number of carbonyl (C=O) groups excluding carboxylic acids is 2. The summed E-state index contributed by atoms with van der Waals surface area (Å²) in [5.74, 6) is -0.598. The van der Waals surface area contributed by atoms with Gasteiger partial charge < -0.3 is 10.6 Å². The fraction of sp³-hybridized carbons (Fsp3) is 0.222. The molecule has 0 atom stereocenters. The molecule has 2 heterocycles. The molecule has 0 aliphatic rings. The van der Waals surface area contributed by atoms with Crippen molar-refractivity contribution in [2.45, 2.75) is 20.4 Å². The van der Waals surface area contributed by atoms with E-state index >= 15 is 0 Å². The molecule has 140 valence electrons. The average Bonchev–Trinajstić information content (AvgIpc) is 3.22. The van der Waals surface area contributed by atoms with Crippen molar-refractivity contribution in [1.29, 1.82) is 0 Å². The van der Waals surface area contributed by atoms with E-state index in [0.717, 1.165) is 5.69 Å². The standard InChI is InChI=1S/C18H19BrN6O2/c1-4-25-14(8-9-20-25)17(26)21-12-6-5-7-13(10-12)22-18(27)16-15(19)11(2)24(3)23-16/h5-10H,4H2,1-3H3,(H,21,26)(H,22,27).